The van der Waals surface area contributed by atoms with Gasteiger partial charge in [0.05, 0.1) is 0 Å². The third-order valence-corrected chi connectivity index (χ3v) is 2.56. The number of hydrogen-bond acceptors (Lipinski definition) is 0. The van der Waals surface area contributed by atoms with E-state index in [4.69, 9.17) is 0 Å². The Hall–Kier alpha value is -0.850. The van der Waals surface area contributed by atoms with Crippen LogP contribution < -0.4 is 0 Å². The Labute approximate surface area is 92.5 Å². The summed E-state index contributed by atoms with van der Waals surface area (Å²) in [4.78, 5) is 0. The van der Waals surface area contributed by atoms with Crippen LogP contribution in [0.4, 0.5) is 4.39 Å². The molecule has 0 unspecified atom stereocenters. The van der Waals surface area contributed by atoms with Gasteiger partial charge in [0.15, 0.2) is 0 Å². The van der Waals surface area contributed by atoms with E-state index in [1.54, 1.807) is 12.1 Å². The summed E-state index contributed by atoms with van der Waals surface area (Å²) >= 11 is 0. The van der Waals surface area contributed by atoms with Crippen LogP contribution in [-0.4, -0.2) is 0 Å². The summed E-state index contributed by atoms with van der Waals surface area (Å²) in [5, 5.41) is 0. The van der Waals surface area contributed by atoms with E-state index in [0.717, 1.165) is 6.42 Å². The molecule has 84 valence electrons. The van der Waals surface area contributed by atoms with Crippen LogP contribution in [0.15, 0.2) is 24.3 Å². The van der Waals surface area contributed by atoms with Gasteiger partial charge in [-0.05, 0) is 41.9 Å². The summed E-state index contributed by atoms with van der Waals surface area (Å²) < 4.78 is 12.7. The van der Waals surface area contributed by atoms with E-state index in [1.807, 2.05) is 12.1 Å². The Bertz CT molecular complexity index is 296. The summed E-state index contributed by atoms with van der Waals surface area (Å²) in [6.07, 6.45) is 2.22. The molecule has 0 nitrogen and oxygen atoms in total. The molecule has 0 amide bonds. The molecule has 1 rings (SSSR count). The highest BCUT2D eigenvalue weighted by molar-refractivity contribution is 5.17. The maximum absolute atomic E-state index is 12.7. The minimum absolute atomic E-state index is 0.152. The Kier molecular flexibility index (Phi) is 3.90. The van der Waals surface area contributed by atoms with Crippen molar-refractivity contribution in [1.82, 2.24) is 0 Å². The van der Waals surface area contributed by atoms with Gasteiger partial charge in [-0.1, -0.05) is 39.8 Å². The van der Waals surface area contributed by atoms with Crippen LogP contribution in [-0.2, 0) is 6.42 Å². The lowest BCUT2D eigenvalue weighted by Crippen LogP contribution is -2.17. The van der Waals surface area contributed by atoms with Crippen LogP contribution in [0.5, 0.6) is 0 Å². The summed E-state index contributed by atoms with van der Waals surface area (Å²) in [7, 11) is 0. The second kappa shape index (κ2) is 4.78. The number of benzene rings is 1. The molecular weight excluding hydrogens is 187 g/mol. The third kappa shape index (κ3) is 4.46. The normalized spacial score (nSPS) is 12.1. The second-order valence-corrected chi connectivity index (χ2v) is 5.57. The molecule has 15 heavy (non-hydrogen) atoms. The summed E-state index contributed by atoms with van der Waals surface area (Å²) in [6, 6.07) is 6.86. The summed E-state index contributed by atoms with van der Waals surface area (Å²) in [5.74, 6) is 0.556. The van der Waals surface area contributed by atoms with Gasteiger partial charge in [-0.25, -0.2) is 4.39 Å². The van der Waals surface area contributed by atoms with E-state index in [1.165, 1.54) is 12.0 Å². The van der Waals surface area contributed by atoms with Gasteiger partial charge in [0.2, 0.25) is 0 Å². The zero-order valence-electron chi connectivity index (χ0n) is 10.2. The molecular formula is C14H21F. The van der Waals surface area contributed by atoms with Crippen molar-refractivity contribution >= 4 is 0 Å². The fourth-order valence-corrected chi connectivity index (χ4v) is 2.33. The van der Waals surface area contributed by atoms with E-state index in [9.17, 15) is 4.39 Å². The monoisotopic (exact) mass is 208 g/mol. The molecule has 0 atom stereocenters. The quantitative estimate of drug-likeness (QED) is 0.686. The van der Waals surface area contributed by atoms with Crippen molar-refractivity contribution in [1.29, 1.82) is 0 Å². The lowest BCUT2D eigenvalue weighted by molar-refractivity contribution is 0.285. The summed E-state index contributed by atoms with van der Waals surface area (Å²) in [6.45, 7) is 9.03. The number of rotatable bonds is 4. The molecule has 0 saturated carbocycles. The smallest absolute Gasteiger partial charge is 0.123 e. The van der Waals surface area contributed by atoms with Gasteiger partial charge in [0.25, 0.3) is 0 Å². The Morgan fingerprint density at radius 2 is 1.67 bits per heavy atom. The molecule has 0 aliphatic heterocycles. The van der Waals surface area contributed by atoms with E-state index in [2.05, 4.69) is 27.7 Å². The molecule has 0 aliphatic rings. The number of hydrogen-bond donors (Lipinski definition) is 0. The van der Waals surface area contributed by atoms with E-state index < -0.39 is 0 Å². The predicted octanol–water partition coefficient (Wildman–Crippen LogP) is 4.44. The predicted molar refractivity (Wildman–Crippen MR) is 63.3 cm³/mol. The van der Waals surface area contributed by atoms with E-state index in [0.29, 0.717) is 11.3 Å². The van der Waals surface area contributed by atoms with Gasteiger partial charge >= 0.3 is 0 Å². The van der Waals surface area contributed by atoms with Crippen LogP contribution in [0, 0.1) is 17.2 Å². The van der Waals surface area contributed by atoms with Crippen molar-refractivity contribution in [2.45, 2.75) is 40.5 Å². The minimum atomic E-state index is -0.152. The van der Waals surface area contributed by atoms with Gasteiger partial charge in [0.1, 0.15) is 5.82 Å². The minimum Gasteiger partial charge on any atom is -0.207 e. The van der Waals surface area contributed by atoms with Crippen molar-refractivity contribution in [3.8, 4) is 0 Å². The van der Waals surface area contributed by atoms with Crippen molar-refractivity contribution in [3.05, 3.63) is 35.6 Å². The molecule has 0 bridgehead atoms. The molecule has 0 N–H and O–H groups in total. The van der Waals surface area contributed by atoms with Gasteiger partial charge < -0.3 is 0 Å². The van der Waals surface area contributed by atoms with Gasteiger partial charge in [-0.2, -0.15) is 0 Å². The lowest BCUT2D eigenvalue weighted by Gasteiger charge is -2.26. The van der Waals surface area contributed by atoms with Gasteiger partial charge in [-0.3, -0.25) is 0 Å². The zero-order chi connectivity index (χ0) is 11.5. The average molecular weight is 208 g/mol. The van der Waals surface area contributed by atoms with Gasteiger partial charge in [-0.15, -0.1) is 0 Å². The van der Waals surface area contributed by atoms with Crippen molar-refractivity contribution in [3.63, 3.8) is 0 Å². The first-order chi connectivity index (χ1) is 6.89. The maximum atomic E-state index is 12.7. The first-order valence-corrected chi connectivity index (χ1v) is 5.63. The first kappa shape index (κ1) is 12.2. The SMILES string of the molecule is CC(C)CC(C)(C)Cc1ccc(F)cc1. The molecule has 0 spiro atoms. The molecule has 0 radical (unpaired) electrons. The van der Waals surface area contributed by atoms with Gasteiger partial charge in [0, 0.05) is 0 Å². The number of halogens is 1. The molecule has 1 heteroatoms. The standard InChI is InChI=1S/C14H21F/c1-11(2)9-14(3,4)10-12-5-7-13(15)8-6-12/h5-8,11H,9-10H2,1-4H3. The second-order valence-electron chi connectivity index (χ2n) is 5.57. The third-order valence-electron chi connectivity index (χ3n) is 2.56. The highest BCUT2D eigenvalue weighted by Gasteiger charge is 2.19. The molecule has 1 aromatic carbocycles. The molecule has 0 aromatic heterocycles. The fraction of sp³-hybridized carbons (Fsp3) is 0.571. The molecule has 1 aromatic rings. The van der Waals surface area contributed by atoms with Crippen LogP contribution in [0.3, 0.4) is 0 Å². The molecule has 0 heterocycles. The Morgan fingerprint density at radius 1 is 1.13 bits per heavy atom. The maximum Gasteiger partial charge on any atom is 0.123 e. The Morgan fingerprint density at radius 3 is 2.13 bits per heavy atom. The van der Waals surface area contributed by atoms with Crippen molar-refractivity contribution < 1.29 is 4.39 Å². The first-order valence-electron chi connectivity index (χ1n) is 5.63. The topological polar surface area (TPSA) is 0 Å². The van der Waals surface area contributed by atoms with E-state index in [-0.39, 0.29) is 5.82 Å². The average Bonchev–Trinajstić information content (AvgIpc) is 2.06. The lowest BCUT2D eigenvalue weighted by atomic mass is 9.79. The zero-order valence-corrected chi connectivity index (χ0v) is 10.2. The fourth-order valence-electron chi connectivity index (χ4n) is 2.33. The highest BCUT2D eigenvalue weighted by Crippen LogP contribution is 2.29. The van der Waals surface area contributed by atoms with Crippen LogP contribution in [0.1, 0.15) is 39.7 Å². The van der Waals surface area contributed by atoms with Crippen LogP contribution >= 0.6 is 0 Å². The molecule has 0 aliphatic carbocycles. The van der Waals surface area contributed by atoms with Crippen molar-refractivity contribution in [2.24, 2.45) is 11.3 Å². The molecule has 0 fully saturated rings. The van der Waals surface area contributed by atoms with Crippen molar-refractivity contribution in [2.75, 3.05) is 0 Å². The molecule has 0 saturated heterocycles. The Balaban J connectivity index is 2.64. The highest BCUT2D eigenvalue weighted by atomic mass is 19.1. The van der Waals surface area contributed by atoms with Crippen LogP contribution in [0.25, 0.3) is 0 Å². The largest absolute Gasteiger partial charge is 0.207 e. The van der Waals surface area contributed by atoms with E-state index >= 15 is 0 Å². The van der Waals surface area contributed by atoms with Crippen LogP contribution in [0.2, 0.25) is 0 Å². The summed E-state index contributed by atoms with van der Waals surface area (Å²) in [5.41, 5.74) is 1.52.